The molecule has 1 N–H and O–H groups in total. The third-order valence-electron chi connectivity index (χ3n) is 1.53. The van der Waals surface area contributed by atoms with E-state index in [0.29, 0.717) is 6.07 Å². The zero-order valence-corrected chi connectivity index (χ0v) is 7.41. The van der Waals surface area contributed by atoms with Crippen LogP contribution >= 0.6 is 11.6 Å². The number of hydrogen-bond donors (Lipinski definition) is 1. The van der Waals surface area contributed by atoms with E-state index in [1.807, 2.05) is 0 Å². The minimum atomic E-state index is -4.67. The molecule has 2 nitrogen and oxygen atoms in total. The number of nitrogens with one attached hydrogen (secondary N) is 1. The second-order valence-electron chi connectivity index (χ2n) is 2.52. The summed E-state index contributed by atoms with van der Waals surface area (Å²) in [4.78, 5) is 0. The minimum Gasteiger partial charge on any atom is -0.859 e. The highest BCUT2D eigenvalue weighted by Gasteiger charge is 2.33. The van der Waals surface area contributed by atoms with Crippen LogP contribution in [0.2, 0.25) is 5.02 Å². The lowest BCUT2D eigenvalue weighted by Gasteiger charge is -2.15. The lowest BCUT2D eigenvalue weighted by atomic mass is 10.1. The zero-order valence-electron chi connectivity index (χ0n) is 6.65. The van der Waals surface area contributed by atoms with Crippen LogP contribution in [0.1, 0.15) is 11.1 Å². The van der Waals surface area contributed by atoms with E-state index in [1.54, 1.807) is 0 Å². The SMILES string of the molecule is N=C([O-])c1ccc(Cl)cc1C(F)(F)F. The molecule has 0 aliphatic rings. The molecule has 0 unspecified atom stereocenters. The molecule has 0 spiro atoms. The highest BCUT2D eigenvalue weighted by atomic mass is 35.5. The zero-order chi connectivity index (χ0) is 10.9. The molecule has 0 aliphatic carbocycles. The average molecular weight is 223 g/mol. The largest absolute Gasteiger partial charge is 0.859 e. The van der Waals surface area contributed by atoms with Gasteiger partial charge in [0.05, 0.1) is 5.56 Å². The van der Waals surface area contributed by atoms with Crippen molar-refractivity contribution in [1.82, 2.24) is 0 Å². The Morgan fingerprint density at radius 1 is 1.36 bits per heavy atom. The monoisotopic (exact) mass is 222 g/mol. The molecule has 1 aromatic carbocycles. The molecule has 0 radical (unpaired) electrons. The van der Waals surface area contributed by atoms with Gasteiger partial charge in [0.15, 0.2) is 0 Å². The Balaban J connectivity index is 3.38. The van der Waals surface area contributed by atoms with Crippen molar-refractivity contribution in [3.8, 4) is 0 Å². The van der Waals surface area contributed by atoms with Crippen LogP contribution in [0.5, 0.6) is 0 Å². The van der Waals surface area contributed by atoms with E-state index >= 15 is 0 Å². The molecule has 76 valence electrons. The summed E-state index contributed by atoms with van der Waals surface area (Å²) < 4.78 is 36.9. The molecule has 0 amide bonds. The molecule has 0 atom stereocenters. The average Bonchev–Trinajstić information content (AvgIpc) is 2.01. The van der Waals surface area contributed by atoms with E-state index in [9.17, 15) is 18.3 Å². The number of halogens is 4. The number of benzene rings is 1. The molecule has 0 heterocycles. The first-order chi connectivity index (χ1) is 6.32. The van der Waals surface area contributed by atoms with Crippen molar-refractivity contribution in [2.24, 2.45) is 0 Å². The summed E-state index contributed by atoms with van der Waals surface area (Å²) in [7, 11) is 0. The van der Waals surface area contributed by atoms with Gasteiger partial charge < -0.3 is 10.5 Å². The van der Waals surface area contributed by atoms with Crippen molar-refractivity contribution in [2.45, 2.75) is 6.18 Å². The van der Waals surface area contributed by atoms with E-state index in [-0.39, 0.29) is 5.02 Å². The van der Waals surface area contributed by atoms with Crippen molar-refractivity contribution in [2.75, 3.05) is 0 Å². The second-order valence-corrected chi connectivity index (χ2v) is 2.95. The first-order valence-corrected chi connectivity index (χ1v) is 3.83. The van der Waals surface area contributed by atoms with E-state index < -0.39 is 23.2 Å². The van der Waals surface area contributed by atoms with Gasteiger partial charge in [-0.1, -0.05) is 17.7 Å². The third-order valence-corrected chi connectivity index (χ3v) is 1.77. The van der Waals surface area contributed by atoms with E-state index in [2.05, 4.69) is 0 Å². The van der Waals surface area contributed by atoms with Gasteiger partial charge in [-0.05, 0) is 23.6 Å². The fraction of sp³-hybridized carbons (Fsp3) is 0.125. The summed E-state index contributed by atoms with van der Waals surface area (Å²) in [5.74, 6) is -1.38. The molecular weight excluding hydrogens is 219 g/mol. The number of rotatable bonds is 1. The summed E-state index contributed by atoms with van der Waals surface area (Å²) in [5, 5.41) is 17.1. The minimum absolute atomic E-state index is 0.123. The normalized spacial score (nSPS) is 11.4. The predicted molar refractivity (Wildman–Crippen MR) is 43.3 cm³/mol. The van der Waals surface area contributed by atoms with Gasteiger partial charge in [0.25, 0.3) is 0 Å². The van der Waals surface area contributed by atoms with Crippen LogP contribution in [0.4, 0.5) is 13.2 Å². The van der Waals surface area contributed by atoms with Gasteiger partial charge in [-0.15, -0.1) is 0 Å². The summed E-state index contributed by atoms with van der Waals surface area (Å²) in [6.07, 6.45) is -4.67. The van der Waals surface area contributed by atoms with Gasteiger partial charge in [0, 0.05) is 5.02 Å². The maximum atomic E-state index is 12.3. The first kappa shape index (κ1) is 10.8. The fourth-order valence-corrected chi connectivity index (χ4v) is 1.12. The Kier molecular flexibility index (Phi) is 2.71. The topological polar surface area (TPSA) is 46.9 Å². The molecule has 0 bridgehead atoms. The molecule has 6 heteroatoms. The van der Waals surface area contributed by atoms with E-state index in [0.717, 1.165) is 12.1 Å². The van der Waals surface area contributed by atoms with Crippen LogP contribution in [0.15, 0.2) is 18.2 Å². The van der Waals surface area contributed by atoms with Gasteiger partial charge >= 0.3 is 6.18 Å². The van der Waals surface area contributed by atoms with E-state index in [4.69, 9.17) is 17.0 Å². The van der Waals surface area contributed by atoms with Crippen LogP contribution in [-0.4, -0.2) is 5.90 Å². The summed E-state index contributed by atoms with van der Waals surface area (Å²) in [5.41, 5.74) is -1.87. The second kappa shape index (κ2) is 3.49. The Hall–Kier alpha value is -1.23. The Bertz CT molecular complexity index is 375. The highest BCUT2D eigenvalue weighted by Crippen LogP contribution is 2.33. The highest BCUT2D eigenvalue weighted by molar-refractivity contribution is 6.30. The fourth-order valence-electron chi connectivity index (χ4n) is 0.949. The van der Waals surface area contributed by atoms with Gasteiger partial charge in [-0.2, -0.15) is 13.2 Å². The van der Waals surface area contributed by atoms with Crippen LogP contribution < -0.4 is 5.11 Å². The molecule has 0 fully saturated rings. The van der Waals surface area contributed by atoms with Gasteiger partial charge in [0.1, 0.15) is 0 Å². The maximum absolute atomic E-state index is 12.3. The predicted octanol–water partition coefficient (Wildman–Crippen LogP) is 2.04. The molecule has 14 heavy (non-hydrogen) atoms. The van der Waals surface area contributed by atoms with Crippen molar-refractivity contribution in [3.63, 3.8) is 0 Å². The molecule has 0 saturated heterocycles. The van der Waals surface area contributed by atoms with Crippen molar-refractivity contribution >= 4 is 17.5 Å². The first-order valence-electron chi connectivity index (χ1n) is 3.45. The number of hydrogen-bond acceptors (Lipinski definition) is 2. The lowest BCUT2D eigenvalue weighted by molar-refractivity contribution is -0.215. The van der Waals surface area contributed by atoms with Gasteiger partial charge in [-0.3, -0.25) is 0 Å². The van der Waals surface area contributed by atoms with Gasteiger partial charge in [0.2, 0.25) is 0 Å². The summed E-state index contributed by atoms with van der Waals surface area (Å²) in [6, 6.07) is 2.66. The quantitative estimate of drug-likeness (QED) is 0.574. The molecule has 0 saturated carbocycles. The molecule has 1 aromatic rings. The van der Waals surface area contributed by atoms with E-state index in [1.165, 1.54) is 0 Å². The smallest absolute Gasteiger partial charge is 0.417 e. The summed E-state index contributed by atoms with van der Waals surface area (Å²) >= 11 is 5.36. The molecular formula is C8H4ClF3NO-. The Morgan fingerprint density at radius 2 is 1.93 bits per heavy atom. The van der Waals surface area contributed by atoms with Gasteiger partial charge in [-0.25, -0.2) is 0 Å². The van der Waals surface area contributed by atoms with Crippen molar-refractivity contribution in [1.29, 1.82) is 5.41 Å². The summed E-state index contributed by atoms with van der Waals surface area (Å²) in [6.45, 7) is 0. The standard InChI is InChI=1S/C8H5ClF3NO/c9-4-1-2-5(7(13)14)6(3-4)8(10,11)12/h1-3H,(H2,13,14)/p-1. The lowest BCUT2D eigenvalue weighted by Crippen LogP contribution is -2.22. The Labute approximate surface area is 82.4 Å². The molecule has 0 aliphatic heterocycles. The van der Waals surface area contributed by atoms with Crippen LogP contribution in [0.25, 0.3) is 0 Å². The van der Waals surface area contributed by atoms with Crippen LogP contribution in [0.3, 0.4) is 0 Å². The van der Waals surface area contributed by atoms with Crippen molar-refractivity contribution in [3.05, 3.63) is 34.3 Å². The maximum Gasteiger partial charge on any atom is 0.417 e. The number of alkyl halides is 3. The van der Waals surface area contributed by atoms with Crippen LogP contribution in [-0.2, 0) is 6.18 Å². The Morgan fingerprint density at radius 3 is 2.36 bits per heavy atom. The van der Waals surface area contributed by atoms with Crippen molar-refractivity contribution < 1.29 is 18.3 Å². The third kappa shape index (κ3) is 2.17. The molecule has 0 aromatic heterocycles. The van der Waals surface area contributed by atoms with Crippen LogP contribution in [0, 0.1) is 5.41 Å². The molecule has 1 rings (SSSR count).